The second-order valence-corrected chi connectivity index (χ2v) is 3.06. The molecule has 74 valence electrons. The fraction of sp³-hybridized carbons (Fsp3) is 0.667. The van der Waals surface area contributed by atoms with Gasteiger partial charge in [-0.2, -0.15) is 0 Å². The molecular weight excluding hydrogens is 170 g/mol. The SMILES string of the molecule is COC(=O)C1CC(OC)=CCN1C. The molecule has 1 heterocycles. The number of hydrogen-bond donors (Lipinski definition) is 0. The molecule has 1 unspecified atom stereocenters. The van der Waals surface area contributed by atoms with Crippen molar-refractivity contribution in [2.75, 3.05) is 27.8 Å². The zero-order chi connectivity index (χ0) is 9.84. The molecule has 0 N–H and O–H groups in total. The van der Waals surface area contributed by atoms with Gasteiger partial charge >= 0.3 is 5.97 Å². The fourth-order valence-corrected chi connectivity index (χ4v) is 1.37. The first kappa shape index (κ1) is 10.1. The van der Waals surface area contributed by atoms with Crippen LogP contribution in [0.5, 0.6) is 0 Å². The molecule has 0 spiro atoms. The predicted octanol–water partition coefficient (Wildman–Crippen LogP) is 0.394. The maximum Gasteiger partial charge on any atom is 0.323 e. The van der Waals surface area contributed by atoms with Crippen LogP contribution in [0.4, 0.5) is 0 Å². The van der Waals surface area contributed by atoms with Crippen molar-refractivity contribution in [2.24, 2.45) is 0 Å². The number of methoxy groups -OCH3 is 2. The maximum absolute atomic E-state index is 11.3. The number of carbonyl (C=O) groups excluding carboxylic acids is 1. The van der Waals surface area contributed by atoms with E-state index in [0.717, 1.165) is 12.3 Å². The summed E-state index contributed by atoms with van der Waals surface area (Å²) in [5.74, 6) is 0.652. The van der Waals surface area contributed by atoms with Crippen molar-refractivity contribution in [1.82, 2.24) is 4.90 Å². The molecule has 0 fully saturated rings. The summed E-state index contributed by atoms with van der Waals surface area (Å²) in [5, 5.41) is 0. The third-order valence-corrected chi connectivity index (χ3v) is 2.27. The Hall–Kier alpha value is -1.03. The van der Waals surface area contributed by atoms with Gasteiger partial charge in [-0.25, -0.2) is 0 Å². The molecule has 4 nitrogen and oxygen atoms in total. The normalized spacial score (nSPS) is 23.6. The van der Waals surface area contributed by atoms with Gasteiger partial charge in [0, 0.05) is 13.0 Å². The van der Waals surface area contributed by atoms with Crippen LogP contribution in [-0.2, 0) is 14.3 Å². The first-order chi connectivity index (χ1) is 6.19. The van der Waals surface area contributed by atoms with Crippen LogP contribution in [-0.4, -0.2) is 44.7 Å². The molecule has 0 aliphatic carbocycles. The van der Waals surface area contributed by atoms with Crippen LogP contribution in [0.15, 0.2) is 11.8 Å². The quantitative estimate of drug-likeness (QED) is 0.583. The Balaban J connectivity index is 2.66. The van der Waals surface area contributed by atoms with E-state index in [9.17, 15) is 4.79 Å². The number of rotatable bonds is 2. The van der Waals surface area contributed by atoms with Crippen molar-refractivity contribution in [3.63, 3.8) is 0 Å². The summed E-state index contributed by atoms with van der Waals surface area (Å²) >= 11 is 0. The topological polar surface area (TPSA) is 38.8 Å². The van der Waals surface area contributed by atoms with Crippen molar-refractivity contribution >= 4 is 5.97 Å². The van der Waals surface area contributed by atoms with Gasteiger partial charge in [-0.1, -0.05) is 0 Å². The van der Waals surface area contributed by atoms with Gasteiger partial charge in [-0.3, -0.25) is 9.69 Å². The molecule has 0 radical (unpaired) electrons. The zero-order valence-electron chi connectivity index (χ0n) is 8.24. The summed E-state index contributed by atoms with van der Waals surface area (Å²) in [6.45, 7) is 0.725. The Morgan fingerprint density at radius 2 is 2.31 bits per heavy atom. The Kier molecular flexibility index (Phi) is 3.31. The summed E-state index contributed by atoms with van der Waals surface area (Å²) in [7, 11) is 4.91. The number of esters is 1. The summed E-state index contributed by atoms with van der Waals surface area (Å²) in [5.41, 5.74) is 0. The molecule has 1 rings (SSSR count). The average Bonchev–Trinajstić information content (AvgIpc) is 2.17. The molecule has 0 amide bonds. The number of nitrogens with zero attached hydrogens (tertiary/aromatic N) is 1. The summed E-state index contributed by atoms with van der Waals surface area (Å²) in [6, 6.07) is -0.204. The Morgan fingerprint density at radius 3 is 2.85 bits per heavy atom. The Labute approximate surface area is 78.1 Å². The van der Waals surface area contributed by atoms with E-state index in [0.29, 0.717) is 6.42 Å². The van der Waals surface area contributed by atoms with E-state index in [1.54, 1.807) is 7.11 Å². The van der Waals surface area contributed by atoms with Crippen molar-refractivity contribution in [1.29, 1.82) is 0 Å². The number of carbonyl (C=O) groups is 1. The second-order valence-electron chi connectivity index (χ2n) is 3.06. The lowest BCUT2D eigenvalue weighted by atomic mass is 10.1. The maximum atomic E-state index is 11.3. The molecule has 13 heavy (non-hydrogen) atoms. The third-order valence-electron chi connectivity index (χ3n) is 2.27. The molecule has 0 aromatic rings. The molecule has 0 bridgehead atoms. The molecule has 4 heteroatoms. The molecule has 1 aliphatic rings. The molecular formula is C9H15NO3. The minimum Gasteiger partial charge on any atom is -0.501 e. The first-order valence-corrected chi connectivity index (χ1v) is 4.20. The summed E-state index contributed by atoms with van der Waals surface area (Å²) < 4.78 is 9.78. The largest absolute Gasteiger partial charge is 0.501 e. The van der Waals surface area contributed by atoms with Crippen LogP contribution in [0.3, 0.4) is 0 Å². The van der Waals surface area contributed by atoms with Gasteiger partial charge in [0.15, 0.2) is 0 Å². The predicted molar refractivity (Wildman–Crippen MR) is 48.1 cm³/mol. The van der Waals surface area contributed by atoms with Crippen LogP contribution in [0.2, 0.25) is 0 Å². The van der Waals surface area contributed by atoms with Gasteiger partial charge in [0.2, 0.25) is 0 Å². The highest BCUT2D eigenvalue weighted by atomic mass is 16.5. The monoisotopic (exact) mass is 185 g/mol. The van der Waals surface area contributed by atoms with Crippen molar-refractivity contribution < 1.29 is 14.3 Å². The zero-order valence-corrected chi connectivity index (χ0v) is 8.24. The van der Waals surface area contributed by atoms with Gasteiger partial charge in [-0.05, 0) is 13.1 Å². The molecule has 1 aliphatic heterocycles. The lowest BCUT2D eigenvalue weighted by Gasteiger charge is -2.29. The van der Waals surface area contributed by atoms with E-state index in [4.69, 9.17) is 4.74 Å². The minimum atomic E-state index is -0.204. The van der Waals surface area contributed by atoms with Crippen molar-refractivity contribution in [3.05, 3.63) is 11.8 Å². The van der Waals surface area contributed by atoms with Crippen molar-refractivity contribution in [3.8, 4) is 0 Å². The number of hydrogen-bond acceptors (Lipinski definition) is 4. The van der Waals surface area contributed by atoms with E-state index in [1.165, 1.54) is 7.11 Å². The van der Waals surface area contributed by atoms with E-state index in [1.807, 2.05) is 18.0 Å². The van der Waals surface area contributed by atoms with Gasteiger partial charge in [-0.15, -0.1) is 0 Å². The molecule has 0 saturated heterocycles. The number of ether oxygens (including phenoxy) is 2. The number of likely N-dealkylation sites (N-methyl/N-ethyl adjacent to an activating group) is 1. The molecule has 0 aromatic heterocycles. The first-order valence-electron chi connectivity index (χ1n) is 4.20. The van der Waals surface area contributed by atoms with Gasteiger partial charge in [0.1, 0.15) is 6.04 Å². The smallest absolute Gasteiger partial charge is 0.323 e. The molecule has 0 aromatic carbocycles. The molecule has 1 atom stereocenters. The van der Waals surface area contributed by atoms with Crippen molar-refractivity contribution in [2.45, 2.75) is 12.5 Å². The highest BCUT2D eigenvalue weighted by Crippen LogP contribution is 2.17. The van der Waals surface area contributed by atoms with Gasteiger partial charge in [0.25, 0.3) is 0 Å². The average molecular weight is 185 g/mol. The Morgan fingerprint density at radius 1 is 1.62 bits per heavy atom. The van der Waals surface area contributed by atoms with Crippen LogP contribution in [0, 0.1) is 0 Å². The molecule has 0 saturated carbocycles. The van der Waals surface area contributed by atoms with E-state index < -0.39 is 0 Å². The van der Waals surface area contributed by atoms with Gasteiger partial charge in [0.05, 0.1) is 20.0 Å². The lowest BCUT2D eigenvalue weighted by Crippen LogP contribution is -2.42. The Bertz CT molecular complexity index is 225. The standard InChI is InChI=1S/C9H15NO3/c1-10-5-4-7(12-2)6-8(10)9(11)13-3/h4,8H,5-6H2,1-3H3. The second kappa shape index (κ2) is 4.28. The van der Waals surface area contributed by atoms with Crippen LogP contribution in [0.25, 0.3) is 0 Å². The van der Waals surface area contributed by atoms with E-state index >= 15 is 0 Å². The highest BCUT2D eigenvalue weighted by Gasteiger charge is 2.28. The van der Waals surface area contributed by atoms with E-state index in [2.05, 4.69) is 4.74 Å². The minimum absolute atomic E-state index is 0.204. The fourth-order valence-electron chi connectivity index (χ4n) is 1.37. The van der Waals surface area contributed by atoms with E-state index in [-0.39, 0.29) is 12.0 Å². The summed E-state index contributed by atoms with van der Waals surface area (Å²) in [4.78, 5) is 13.2. The van der Waals surface area contributed by atoms with Crippen LogP contribution < -0.4 is 0 Å². The third kappa shape index (κ3) is 2.21. The highest BCUT2D eigenvalue weighted by molar-refractivity contribution is 5.76. The summed E-state index contributed by atoms with van der Waals surface area (Å²) in [6.07, 6.45) is 2.57. The lowest BCUT2D eigenvalue weighted by molar-refractivity contribution is -0.146. The van der Waals surface area contributed by atoms with Gasteiger partial charge < -0.3 is 9.47 Å². The van der Waals surface area contributed by atoms with Crippen LogP contribution in [0.1, 0.15) is 6.42 Å². The van der Waals surface area contributed by atoms with Crippen LogP contribution >= 0.6 is 0 Å².